The average Bonchev–Trinajstić information content (AvgIpc) is 2.44. The summed E-state index contributed by atoms with van der Waals surface area (Å²) in [6, 6.07) is 7.10. The Morgan fingerprint density at radius 2 is 2.20 bits per heavy atom. The molecule has 1 unspecified atom stereocenters. The van der Waals surface area contributed by atoms with Gasteiger partial charge in [-0.05, 0) is 30.9 Å². The van der Waals surface area contributed by atoms with Gasteiger partial charge in [0.1, 0.15) is 0 Å². The first kappa shape index (κ1) is 17.8. The Morgan fingerprint density at radius 1 is 1.45 bits per heavy atom. The number of nitrogens with one attached hydrogen (secondary N) is 1. The molecule has 0 spiro atoms. The number of nitrogens with zero attached hydrogens (tertiary/aromatic N) is 1. The van der Waals surface area contributed by atoms with Crippen LogP contribution < -0.4 is 10.2 Å². The molecule has 3 nitrogen and oxygen atoms in total. The van der Waals surface area contributed by atoms with Crippen LogP contribution in [0, 0.1) is 0 Å². The fourth-order valence-corrected chi connectivity index (χ4v) is 3.12. The molecule has 1 rings (SSSR count). The van der Waals surface area contributed by atoms with Crippen molar-refractivity contribution in [3.8, 4) is 0 Å². The largest absolute Gasteiger partial charge is 0.383 e. The highest BCUT2D eigenvalue weighted by Crippen LogP contribution is 2.25. The van der Waals surface area contributed by atoms with E-state index >= 15 is 0 Å². The molecule has 0 saturated heterocycles. The summed E-state index contributed by atoms with van der Waals surface area (Å²) in [5.41, 5.74) is 2.52. The first-order valence-electron chi connectivity index (χ1n) is 6.80. The molecule has 0 radical (unpaired) electrons. The second kappa shape index (κ2) is 9.66. The summed E-state index contributed by atoms with van der Waals surface area (Å²) in [6.45, 7) is 4.72. The average molecular weight is 361 g/mol. The Bertz CT molecular complexity index is 403. The maximum atomic E-state index is 5.03. The number of benzene rings is 1. The van der Waals surface area contributed by atoms with Crippen molar-refractivity contribution in [3.63, 3.8) is 0 Å². The second-order valence-corrected chi connectivity index (χ2v) is 6.63. The van der Waals surface area contributed by atoms with E-state index in [1.165, 1.54) is 11.3 Å². The number of hydrogen-bond acceptors (Lipinski definition) is 4. The molecule has 5 heteroatoms. The minimum atomic E-state index is 0.530. The van der Waals surface area contributed by atoms with Crippen LogP contribution in [0.25, 0.3) is 0 Å². The number of hydrogen-bond donors (Lipinski definition) is 1. The van der Waals surface area contributed by atoms with Gasteiger partial charge in [-0.15, -0.1) is 0 Å². The van der Waals surface area contributed by atoms with Gasteiger partial charge in [0.25, 0.3) is 0 Å². The fourth-order valence-electron chi connectivity index (χ4n) is 1.90. The smallest absolute Gasteiger partial charge is 0.0587 e. The van der Waals surface area contributed by atoms with Gasteiger partial charge in [0, 0.05) is 49.2 Å². The molecule has 0 saturated carbocycles. The zero-order chi connectivity index (χ0) is 15.0. The van der Waals surface area contributed by atoms with E-state index in [1.54, 1.807) is 7.11 Å². The lowest BCUT2D eigenvalue weighted by Crippen LogP contribution is -2.30. The topological polar surface area (TPSA) is 24.5 Å². The molecule has 1 aromatic carbocycles. The molecule has 0 amide bonds. The van der Waals surface area contributed by atoms with E-state index in [-0.39, 0.29) is 0 Å². The summed E-state index contributed by atoms with van der Waals surface area (Å²) in [5, 5.41) is 3.36. The molecular weight excluding hydrogens is 336 g/mol. The zero-order valence-corrected chi connectivity index (χ0v) is 15.2. The van der Waals surface area contributed by atoms with Crippen molar-refractivity contribution >= 4 is 33.4 Å². The van der Waals surface area contributed by atoms with Crippen LogP contribution in [-0.4, -0.2) is 45.4 Å². The van der Waals surface area contributed by atoms with Gasteiger partial charge in [0.05, 0.1) is 6.61 Å². The number of thioether (sulfide) groups is 1. The Hall–Kier alpha value is -0.230. The third-order valence-electron chi connectivity index (χ3n) is 3.31. The van der Waals surface area contributed by atoms with E-state index in [2.05, 4.69) is 64.6 Å². The van der Waals surface area contributed by atoms with Gasteiger partial charge in [-0.25, -0.2) is 0 Å². The van der Waals surface area contributed by atoms with Crippen LogP contribution in [0.1, 0.15) is 12.5 Å². The molecule has 0 aliphatic heterocycles. The summed E-state index contributed by atoms with van der Waals surface area (Å²) in [5.74, 6) is 1.13. The molecule has 0 aromatic heterocycles. The Labute approximate surface area is 135 Å². The van der Waals surface area contributed by atoms with E-state index in [9.17, 15) is 0 Å². The Balaban J connectivity index is 2.62. The molecule has 0 aliphatic rings. The van der Waals surface area contributed by atoms with Gasteiger partial charge in [0.15, 0.2) is 0 Å². The first-order chi connectivity index (χ1) is 9.60. The number of halogens is 1. The van der Waals surface area contributed by atoms with Gasteiger partial charge >= 0.3 is 0 Å². The van der Waals surface area contributed by atoms with E-state index in [0.29, 0.717) is 6.04 Å². The van der Waals surface area contributed by atoms with E-state index in [0.717, 1.165) is 29.9 Å². The van der Waals surface area contributed by atoms with Crippen LogP contribution in [0.3, 0.4) is 0 Å². The van der Waals surface area contributed by atoms with Crippen molar-refractivity contribution < 1.29 is 4.74 Å². The molecule has 1 N–H and O–H groups in total. The van der Waals surface area contributed by atoms with E-state index < -0.39 is 0 Å². The lowest BCUT2D eigenvalue weighted by molar-refractivity contribution is 0.199. The monoisotopic (exact) mass is 360 g/mol. The van der Waals surface area contributed by atoms with Crippen LogP contribution in [0.15, 0.2) is 22.7 Å². The van der Waals surface area contributed by atoms with Crippen LogP contribution in [-0.2, 0) is 11.3 Å². The second-order valence-electron chi connectivity index (χ2n) is 4.86. The molecular formula is C15H25BrN2OS. The molecule has 1 aromatic rings. The maximum absolute atomic E-state index is 5.03. The predicted octanol–water partition coefficient (Wildman–Crippen LogP) is 3.37. The van der Waals surface area contributed by atoms with Gasteiger partial charge < -0.3 is 15.0 Å². The summed E-state index contributed by atoms with van der Waals surface area (Å²) in [6.07, 6.45) is 2.15. The SMILES string of the molecule is COCCNCc1ccc(N(C)C(C)CSC)cc1Br. The first-order valence-corrected chi connectivity index (χ1v) is 8.98. The fraction of sp³-hybridized carbons (Fsp3) is 0.600. The highest BCUT2D eigenvalue weighted by molar-refractivity contribution is 9.10. The lowest BCUT2D eigenvalue weighted by atomic mass is 10.2. The standard InChI is InChI=1S/C15H25BrN2OS/c1-12(11-20-4)18(2)14-6-5-13(15(16)9-14)10-17-7-8-19-3/h5-6,9,12,17H,7-8,10-11H2,1-4H3. The summed E-state index contributed by atoms with van der Waals surface area (Å²) in [4.78, 5) is 2.32. The number of rotatable bonds is 9. The normalized spacial score (nSPS) is 12.4. The lowest BCUT2D eigenvalue weighted by Gasteiger charge is -2.27. The molecule has 114 valence electrons. The van der Waals surface area contributed by atoms with Crippen molar-refractivity contribution in [2.75, 3.05) is 44.2 Å². The quantitative estimate of drug-likeness (QED) is 0.682. The van der Waals surface area contributed by atoms with Crippen molar-refractivity contribution in [3.05, 3.63) is 28.2 Å². The molecule has 20 heavy (non-hydrogen) atoms. The van der Waals surface area contributed by atoms with Gasteiger partial charge in [-0.3, -0.25) is 0 Å². The van der Waals surface area contributed by atoms with Crippen molar-refractivity contribution in [1.29, 1.82) is 0 Å². The van der Waals surface area contributed by atoms with Crippen LogP contribution in [0.5, 0.6) is 0 Å². The summed E-state index contributed by atoms with van der Waals surface area (Å²) < 4.78 is 6.18. The van der Waals surface area contributed by atoms with Crippen LogP contribution in [0.4, 0.5) is 5.69 Å². The number of methoxy groups -OCH3 is 1. The number of ether oxygens (including phenoxy) is 1. The highest BCUT2D eigenvalue weighted by Gasteiger charge is 2.10. The van der Waals surface area contributed by atoms with Crippen molar-refractivity contribution in [1.82, 2.24) is 5.32 Å². The van der Waals surface area contributed by atoms with Crippen LogP contribution in [0.2, 0.25) is 0 Å². The van der Waals surface area contributed by atoms with Crippen molar-refractivity contribution in [2.24, 2.45) is 0 Å². The number of anilines is 1. The predicted molar refractivity (Wildman–Crippen MR) is 94.0 cm³/mol. The van der Waals surface area contributed by atoms with Crippen LogP contribution >= 0.6 is 27.7 Å². The summed E-state index contributed by atoms with van der Waals surface area (Å²) in [7, 11) is 3.87. The zero-order valence-electron chi connectivity index (χ0n) is 12.8. The minimum absolute atomic E-state index is 0.530. The summed E-state index contributed by atoms with van der Waals surface area (Å²) >= 11 is 5.55. The van der Waals surface area contributed by atoms with Gasteiger partial charge in [-0.1, -0.05) is 22.0 Å². The van der Waals surface area contributed by atoms with Gasteiger partial charge in [-0.2, -0.15) is 11.8 Å². The van der Waals surface area contributed by atoms with Gasteiger partial charge in [0.2, 0.25) is 0 Å². The molecule has 1 atom stereocenters. The molecule has 0 heterocycles. The van der Waals surface area contributed by atoms with E-state index in [1.807, 2.05) is 11.8 Å². The third-order valence-corrected chi connectivity index (χ3v) is 4.87. The minimum Gasteiger partial charge on any atom is -0.383 e. The Kier molecular flexibility index (Phi) is 8.61. The molecule has 0 aliphatic carbocycles. The van der Waals surface area contributed by atoms with E-state index in [4.69, 9.17) is 4.74 Å². The molecule has 0 bridgehead atoms. The third kappa shape index (κ3) is 5.64. The maximum Gasteiger partial charge on any atom is 0.0587 e. The highest BCUT2D eigenvalue weighted by atomic mass is 79.9. The Morgan fingerprint density at radius 3 is 2.80 bits per heavy atom. The van der Waals surface area contributed by atoms with Crippen molar-refractivity contribution in [2.45, 2.75) is 19.5 Å². The molecule has 0 fully saturated rings.